The van der Waals surface area contributed by atoms with Crippen LogP contribution < -0.4 is 10.2 Å². The standard InChI is InChI=1S/C21H21F6N5O2/c1-19(2,3)15-10-31(13-4-5-14(29-9-13)21(25,26)27)18(34)32(15)11-17(33)30-16-8-12(6-7-28-16)20(22,23)24/h4-9,15H,10-11H2,1-3H3,(H,28,30,33)/t15-/m1/s1. The lowest BCUT2D eigenvalue weighted by Gasteiger charge is -2.33. The van der Waals surface area contributed by atoms with Crippen LogP contribution in [-0.2, 0) is 17.1 Å². The van der Waals surface area contributed by atoms with Gasteiger partial charge in [-0.2, -0.15) is 26.3 Å². The molecule has 1 aliphatic rings. The van der Waals surface area contributed by atoms with Crippen LogP contribution in [0.3, 0.4) is 0 Å². The Morgan fingerprint density at radius 1 is 1.06 bits per heavy atom. The molecule has 3 amide bonds. The Morgan fingerprint density at radius 3 is 2.26 bits per heavy atom. The van der Waals surface area contributed by atoms with Gasteiger partial charge < -0.3 is 10.2 Å². The number of hydrogen-bond acceptors (Lipinski definition) is 4. The van der Waals surface area contributed by atoms with E-state index < -0.39 is 53.5 Å². The average molecular weight is 489 g/mol. The first-order chi connectivity index (χ1) is 15.6. The smallest absolute Gasteiger partial charge is 0.310 e. The number of pyridine rings is 2. The molecular weight excluding hydrogens is 468 g/mol. The number of rotatable bonds is 4. The number of amides is 3. The molecule has 1 saturated heterocycles. The molecule has 1 atom stereocenters. The minimum Gasteiger partial charge on any atom is -0.310 e. The highest BCUT2D eigenvalue weighted by Crippen LogP contribution is 2.35. The molecule has 0 aromatic carbocycles. The van der Waals surface area contributed by atoms with Crippen molar-refractivity contribution in [1.29, 1.82) is 0 Å². The van der Waals surface area contributed by atoms with Gasteiger partial charge in [0.05, 0.1) is 23.5 Å². The highest BCUT2D eigenvalue weighted by Gasteiger charge is 2.45. The molecule has 184 valence electrons. The topological polar surface area (TPSA) is 78.4 Å². The first-order valence-corrected chi connectivity index (χ1v) is 10.0. The Hall–Kier alpha value is -3.38. The predicted molar refractivity (Wildman–Crippen MR) is 110 cm³/mol. The molecule has 0 spiro atoms. The van der Waals surface area contributed by atoms with Crippen molar-refractivity contribution >= 4 is 23.4 Å². The molecule has 2 aromatic rings. The van der Waals surface area contributed by atoms with E-state index >= 15 is 0 Å². The van der Waals surface area contributed by atoms with Crippen molar-refractivity contribution in [2.75, 3.05) is 23.3 Å². The molecule has 0 radical (unpaired) electrons. The summed E-state index contributed by atoms with van der Waals surface area (Å²) in [5, 5.41) is 2.25. The van der Waals surface area contributed by atoms with Crippen LogP contribution in [0.5, 0.6) is 0 Å². The summed E-state index contributed by atoms with van der Waals surface area (Å²) in [5.41, 5.74) is -2.52. The maximum atomic E-state index is 13.1. The lowest BCUT2D eigenvalue weighted by Crippen LogP contribution is -2.46. The fourth-order valence-corrected chi connectivity index (χ4v) is 3.50. The van der Waals surface area contributed by atoms with E-state index in [4.69, 9.17) is 0 Å². The first kappa shape index (κ1) is 25.2. The van der Waals surface area contributed by atoms with Crippen LogP contribution in [0.25, 0.3) is 0 Å². The second-order valence-corrected chi connectivity index (χ2v) is 8.78. The van der Waals surface area contributed by atoms with Crippen LogP contribution in [0.4, 0.5) is 42.6 Å². The van der Waals surface area contributed by atoms with E-state index in [1.165, 1.54) is 9.80 Å². The van der Waals surface area contributed by atoms with E-state index in [2.05, 4.69) is 15.3 Å². The fraction of sp³-hybridized carbons (Fsp3) is 0.429. The van der Waals surface area contributed by atoms with Crippen molar-refractivity contribution in [1.82, 2.24) is 14.9 Å². The Bertz CT molecular complexity index is 1060. The molecule has 0 aliphatic carbocycles. The van der Waals surface area contributed by atoms with Gasteiger partial charge in [0, 0.05) is 12.7 Å². The number of alkyl halides is 6. The van der Waals surface area contributed by atoms with Crippen molar-refractivity contribution in [3.63, 3.8) is 0 Å². The Labute approximate surface area is 190 Å². The van der Waals surface area contributed by atoms with E-state index in [1.54, 1.807) is 0 Å². The average Bonchev–Trinajstić information content (AvgIpc) is 3.03. The monoisotopic (exact) mass is 489 g/mol. The summed E-state index contributed by atoms with van der Waals surface area (Å²) < 4.78 is 77.1. The molecule has 7 nitrogen and oxygen atoms in total. The normalized spacial score (nSPS) is 17.3. The first-order valence-electron chi connectivity index (χ1n) is 10.0. The van der Waals surface area contributed by atoms with Crippen LogP contribution in [-0.4, -0.2) is 45.9 Å². The maximum absolute atomic E-state index is 13.1. The number of nitrogens with one attached hydrogen (secondary N) is 1. The molecule has 34 heavy (non-hydrogen) atoms. The van der Waals surface area contributed by atoms with Crippen LogP contribution in [0, 0.1) is 5.41 Å². The van der Waals surface area contributed by atoms with Gasteiger partial charge in [0.1, 0.15) is 18.1 Å². The molecule has 3 rings (SSSR count). The van der Waals surface area contributed by atoms with Crippen molar-refractivity contribution in [2.24, 2.45) is 5.41 Å². The summed E-state index contributed by atoms with van der Waals surface area (Å²) in [7, 11) is 0. The fourth-order valence-electron chi connectivity index (χ4n) is 3.50. The second kappa shape index (κ2) is 8.76. The summed E-state index contributed by atoms with van der Waals surface area (Å²) in [4.78, 5) is 35.1. The zero-order valence-electron chi connectivity index (χ0n) is 18.3. The third-order valence-corrected chi connectivity index (χ3v) is 5.23. The third kappa shape index (κ3) is 5.57. The SMILES string of the molecule is CC(C)(C)[C@H]1CN(c2ccc(C(F)(F)F)nc2)C(=O)N1CC(=O)Nc1cc(C(F)(F)F)ccn1. The van der Waals surface area contributed by atoms with E-state index in [0.29, 0.717) is 6.07 Å². The summed E-state index contributed by atoms with van der Waals surface area (Å²) >= 11 is 0. The van der Waals surface area contributed by atoms with E-state index in [-0.39, 0.29) is 18.1 Å². The largest absolute Gasteiger partial charge is 0.433 e. The lowest BCUT2D eigenvalue weighted by molar-refractivity contribution is -0.141. The molecule has 3 heterocycles. The van der Waals surface area contributed by atoms with E-state index in [9.17, 15) is 35.9 Å². The summed E-state index contributed by atoms with van der Waals surface area (Å²) in [6.07, 6.45) is -7.43. The van der Waals surface area contributed by atoms with Crippen molar-refractivity contribution in [2.45, 2.75) is 39.2 Å². The molecule has 0 bridgehead atoms. The zero-order chi connectivity index (χ0) is 25.5. The minimum atomic E-state index is -4.64. The Balaban J connectivity index is 1.79. The molecule has 0 unspecified atom stereocenters. The van der Waals surface area contributed by atoms with Crippen LogP contribution >= 0.6 is 0 Å². The van der Waals surface area contributed by atoms with Gasteiger partial charge in [0.15, 0.2) is 0 Å². The summed E-state index contributed by atoms with van der Waals surface area (Å²) in [6, 6.07) is 2.12. The van der Waals surface area contributed by atoms with Gasteiger partial charge in [0.25, 0.3) is 0 Å². The third-order valence-electron chi connectivity index (χ3n) is 5.23. The molecule has 0 saturated carbocycles. The highest BCUT2D eigenvalue weighted by atomic mass is 19.4. The van der Waals surface area contributed by atoms with Gasteiger partial charge in [0.2, 0.25) is 5.91 Å². The van der Waals surface area contributed by atoms with Crippen LogP contribution in [0.2, 0.25) is 0 Å². The molecule has 1 fully saturated rings. The number of anilines is 2. The number of aromatic nitrogens is 2. The highest BCUT2D eigenvalue weighted by molar-refractivity contribution is 5.99. The van der Waals surface area contributed by atoms with E-state index in [1.807, 2.05) is 20.8 Å². The molecule has 1 aliphatic heterocycles. The number of carbonyl (C=O) groups is 2. The number of urea groups is 1. The Morgan fingerprint density at radius 2 is 1.74 bits per heavy atom. The minimum absolute atomic E-state index is 0.0739. The van der Waals surface area contributed by atoms with Gasteiger partial charge in [-0.1, -0.05) is 20.8 Å². The van der Waals surface area contributed by atoms with Crippen molar-refractivity contribution in [3.05, 3.63) is 47.9 Å². The Kier molecular flexibility index (Phi) is 6.51. The number of nitrogens with zero attached hydrogens (tertiary/aromatic N) is 4. The van der Waals surface area contributed by atoms with Crippen LogP contribution in [0.15, 0.2) is 36.7 Å². The lowest BCUT2D eigenvalue weighted by atomic mass is 9.86. The second-order valence-electron chi connectivity index (χ2n) is 8.78. The molecular formula is C21H21F6N5O2. The molecule has 13 heteroatoms. The van der Waals surface area contributed by atoms with Gasteiger partial charge in [-0.25, -0.2) is 14.8 Å². The number of hydrogen-bond donors (Lipinski definition) is 1. The summed E-state index contributed by atoms with van der Waals surface area (Å²) in [6.45, 7) is 5.03. The van der Waals surface area contributed by atoms with Crippen molar-refractivity contribution < 1.29 is 35.9 Å². The zero-order valence-corrected chi connectivity index (χ0v) is 18.3. The number of carbonyl (C=O) groups excluding carboxylic acids is 2. The van der Waals surface area contributed by atoms with Gasteiger partial charge in [-0.15, -0.1) is 0 Å². The summed E-state index contributed by atoms with van der Waals surface area (Å²) in [5.74, 6) is -1.11. The van der Waals surface area contributed by atoms with Gasteiger partial charge in [-0.05, 0) is 29.7 Å². The quantitative estimate of drug-likeness (QED) is 0.626. The number of halogens is 6. The molecule has 2 aromatic heterocycles. The van der Waals surface area contributed by atoms with Gasteiger partial charge in [-0.3, -0.25) is 9.69 Å². The van der Waals surface area contributed by atoms with Crippen molar-refractivity contribution in [3.8, 4) is 0 Å². The van der Waals surface area contributed by atoms with E-state index in [0.717, 1.165) is 30.6 Å². The van der Waals surface area contributed by atoms with Crippen LogP contribution in [0.1, 0.15) is 32.0 Å². The maximum Gasteiger partial charge on any atom is 0.433 e. The molecule has 1 N–H and O–H groups in total. The van der Waals surface area contributed by atoms with Gasteiger partial charge >= 0.3 is 18.4 Å². The predicted octanol–water partition coefficient (Wildman–Crippen LogP) is 4.81.